The van der Waals surface area contributed by atoms with Crippen molar-refractivity contribution in [2.24, 2.45) is 0 Å². The van der Waals surface area contributed by atoms with Crippen molar-refractivity contribution in [1.29, 1.82) is 0 Å². The van der Waals surface area contributed by atoms with E-state index in [2.05, 4.69) is 35.5 Å². The van der Waals surface area contributed by atoms with Crippen molar-refractivity contribution >= 4 is 38.8 Å². The topological polar surface area (TPSA) is 72.0 Å². The molecule has 0 atom stereocenters. The zero-order valence-electron chi connectivity index (χ0n) is 18.8. The summed E-state index contributed by atoms with van der Waals surface area (Å²) in [6.45, 7) is 8.22. The number of nitrogens with one attached hydrogen (secondary N) is 1. The van der Waals surface area contributed by atoms with Gasteiger partial charge in [0.15, 0.2) is 11.6 Å². The lowest BCUT2D eigenvalue weighted by Crippen LogP contribution is -2.16. The number of sulfonamides is 1. The molecule has 0 aliphatic carbocycles. The smallest absolute Gasteiger partial charge is 0.263 e. The fraction of sp³-hybridized carbons (Fsp3) is 0.200. The minimum absolute atomic E-state index is 0.0792. The van der Waals surface area contributed by atoms with Gasteiger partial charge in [-0.05, 0) is 47.0 Å². The molecule has 8 heteroatoms. The van der Waals surface area contributed by atoms with Crippen LogP contribution in [0.15, 0.2) is 70.9 Å². The van der Waals surface area contributed by atoms with Crippen LogP contribution in [0.25, 0.3) is 21.8 Å². The number of nitrogens with zero attached hydrogens (tertiary/aromatic N) is 2. The second-order valence-corrected chi connectivity index (χ2v) is 11.8. The Bertz CT molecular complexity index is 1380. The molecule has 2 aromatic heterocycles. The maximum absolute atomic E-state index is 13.3. The Balaban J connectivity index is 1.81. The minimum atomic E-state index is -3.91. The highest BCUT2D eigenvalue weighted by Crippen LogP contribution is 2.36. The summed E-state index contributed by atoms with van der Waals surface area (Å²) in [6, 6.07) is 18.2. The number of anilines is 1. The van der Waals surface area contributed by atoms with Gasteiger partial charge >= 0.3 is 0 Å². The third kappa shape index (κ3) is 5.11. The van der Waals surface area contributed by atoms with Gasteiger partial charge in [0, 0.05) is 0 Å². The molecule has 2 heterocycles. The summed E-state index contributed by atoms with van der Waals surface area (Å²) in [5, 5.41) is 2.08. The number of benzene rings is 2. The highest BCUT2D eigenvalue weighted by molar-refractivity contribution is 7.92. The van der Waals surface area contributed by atoms with Gasteiger partial charge in [-0.25, -0.2) is 18.4 Å². The third-order valence-electron chi connectivity index (χ3n) is 5.21. The van der Waals surface area contributed by atoms with E-state index in [1.165, 1.54) is 11.3 Å². The molecule has 0 amide bonds. The van der Waals surface area contributed by atoms with Crippen LogP contribution in [-0.2, 0) is 15.4 Å². The Labute approximate surface area is 203 Å². The predicted molar refractivity (Wildman–Crippen MR) is 136 cm³/mol. The summed E-state index contributed by atoms with van der Waals surface area (Å²) in [5.41, 5.74) is 3.21. The van der Waals surface area contributed by atoms with Gasteiger partial charge in [-0.15, -0.1) is 11.3 Å². The second-order valence-electron chi connectivity index (χ2n) is 8.78. The first-order chi connectivity index (χ1) is 15.5. The quantitative estimate of drug-likeness (QED) is 0.303. The van der Waals surface area contributed by atoms with Gasteiger partial charge < -0.3 is 0 Å². The van der Waals surface area contributed by atoms with Crippen LogP contribution >= 0.6 is 22.9 Å². The number of thiophene rings is 1. The molecule has 2 aromatic carbocycles. The molecule has 0 bridgehead atoms. The van der Waals surface area contributed by atoms with Crippen molar-refractivity contribution in [2.45, 2.75) is 38.0 Å². The molecule has 1 N–H and O–H groups in total. The largest absolute Gasteiger partial charge is 0.263 e. The SMILES string of the molecule is Cc1ccc(-c2c(Cl)nc(-c3cccs3)nc2NS(=O)(=O)c2ccc(C(C)(C)C)cc2)cc1. The Morgan fingerprint density at radius 3 is 2.18 bits per heavy atom. The molecule has 4 aromatic rings. The molecule has 0 unspecified atom stereocenters. The van der Waals surface area contributed by atoms with Gasteiger partial charge in [0.25, 0.3) is 10.0 Å². The Kier molecular flexibility index (Phi) is 6.31. The zero-order chi connectivity index (χ0) is 23.8. The van der Waals surface area contributed by atoms with Crippen LogP contribution < -0.4 is 4.72 Å². The number of halogens is 1. The molecule has 4 rings (SSSR count). The van der Waals surface area contributed by atoms with E-state index in [1.807, 2.05) is 60.8 Å². The van der Waals surface area contributed by atoms with E-state index in [-0.39, 0.29) is 21.3 Å². The lowest BCUT2D eigenvalue weighted by molar-refractivity contribution is 0.587. The minimum Gasteiger partial charge on any atom is -0.263 e. The van der Waals surface area contributed by atoms with E-state index < -0.39 is 10.0 Å². The monoisotopic (exact) mass is 497 g/mol. The highest BCUT2D eigenvalue weighted by atomic mass is 35.5. The average molecular weight is 498 g/mol. The van der Waals surface area contributed by atoms with Crippen LogP contribution in [0.4, 0.5) is 5.82 Å². The first kappa shape index (κ1) is 23.4. The fourth-order valence-corrected chi connectivity index (χ4v) is 5.27. The van der Waals surface area contributed by atoms with Gasteiger partial charge in [-0.2, -0.15) is 0 Å². The van der Waals surface area contributed by atoms with Gasteiger partial charge in [-0.1, -0.05) is 80.4 Å². The van der Waals surface area contributed by atoms with E-state index in [0.29, 0.717) is 11.4 Å². The van der Waals surface area contributed by atoms with Crippen molar-refractivity contribution in [2.75, 3.05) is 4.72 Å². The summed E-state index contributed by atoms with van der Waals surface area (Å²) < 4.78 is 29.3. The van der Waals surface area contributed by atoms with E-state index >= 15 is 0 Å². The summed E-state index contributed by atoms with van der Waals surface area (Å²) in [7, 11) is -3.91. The summed E-state index contributed by atoms with van der Waals surface area (Å²) in [6.07, 6.45) is 0. The van der Waals surface area contributed by atoms with Crippen LogP contribution in [0.1, 0.15) is 31.9 Å². The number of rotatable bonds is 5. The standard InChI is InChI=1S/C25H24ClN3O2S2/c1-16-7-9-17(10-8-16)21-22(26)27-23(20-6-5-15-32-20)28-24(21)29-33(30,31)19-13-11-18(12-14-19)25(2,3)4/h5-15H,1-4H3,(H,27,28,29). The summed E-state index contributed by atoms with van der Waals surface area (Å²) >= 11 is 8.04. The normalized spacial score (nSPS) is 12.0. The molecule has 0 radical (unpaired) electrons. The van der Waals surface area contributed by atoms with Crippen molar-refractivity contribution in [3.8, 4) is 21.8 Å². The molecule has 33 heavy (non-hydrogen) atoms. The van der Waals surface area contributed by atoms with Crippen LogP contribution in [0.2, 0.25) is 5.15 Å². The molecule has 0 aliphatic heterocycles. The molecular formula is C25H24ClN3O2S2. The molecule has 0 fully saturated rings. The van der Waals surface area contributed by atoms with E-state index in [1.54, 1.807) is 12.1 Å². The summed E-state index contributed by atoms with van der Waals surface area (Å²) in [4.78, 5) is 9.96. The van der Waals surface area contributed by atoms with Crippen molar-refractivity contribution < 1.29 is 8.42 Å². The predicted octanol–water partition coefficient (Wildman–Crippen LogP) is 6.93. The number of hydrogen-bond donors (Lipinski definition) is 1. The maximum Gasteiger partial charge on any atom is 0.263 e. The van der Waals surface area contributed by atoms with Crippen LogP contribution in [0, 0.1) is 6.92 Å². The van der Waals surface area contributed by atoms with E-state index in [4.69, 9.17) is 11.6 Å². The third-order valence-corrected chi connectivity index (χ3v) is 7.70. The fourth-order valence-electron chi connectivity index (χ4n) is 3.32. The van der Waals surface area contributed by atoms with Crippen molar-refractivity contribution in [3.05, 3.63) is 82.3 Å². The van der Waals surface area contributed by atoms with Gasteiger partial charge in [0.1, 0.15) is 5.15 Å². The molecule has 170 valence electrons. The second kappa shape index (κ2) is 8.89. The Hall–Kier alpha value is -2.74. The zero-order valence-corrected chi connectivity index (χ0v) is 21.1. The van der Waals surface area contributed by atoms with E-state index in [9.17, 15) is 8.42 Å². The van der Waals surface area contributed by atoms with Crippen molar-refractivity contribution in [1.82, 2.24) is 9.97 Å². The molecule has 5 nitrogen and oxygen atoms in total. The van der Waals surface area contributed by atoms with Gasteiger partial charge in [0.05, 0.1) is 15.3 Å². The van der Waals surface area contributed by atoms with Crippen LogP contribution in [-0.4, -0.2) is 18.4 Å². The van der Waals surface area contributed by atoms with Gasteiger partial charge in [0.2, 0.25) is 0 Å². The van der Waals surface area contributed by atoms with E-state index in [0.717, 1.165) is 21.6 Å². The molecule has 0 spiro atoms. The average Bonchev–Trinajstić information content (AvgIpc) is 3.29. The number of aryl methyl sites for hydroxylation is 1. The summed E-state index contributed by atoms with van der Waals surface area (Å²) in [5.74, 6) is 0.508. The molecule has 0 aliphatic rings. The first-order valence-corrected chi connectivity index (χ1v) is 13.1. The molecule has 0 saturated carbocycles. The first-order valence-electron chi connectivity index (χ1n) is 10.4. The highest BCUT2D eigenvalue weighted by Gasteiger charge is 2.23. The van der Waals surface area contributed by atoms with Crippen LogP contribution in [0.3, 0.4) is 0 Å². The van der Waals surface area contributed by atoms with Crippen LogP contribution in [0.5, 0.6) is 0 Å². The molecule has 0 saturated heterocycles. The lowest BCUT2D eigenvalue weighted by Gasteiger charge is -2.19. The lowest BCUT2D eigenvalue weighted by atomic mass is 9.87. The Morgan fingerprint density at radius 1 is 0.939 bits per heavy atom. The van der Waals surface area contributed by atoms with Gasteiger partial charge in [-0.3, -0.25) is 4.72 Å². The Morgan fingerprint density at radius 2 is 1.61 bits per heavy atom. The van der Waals surface area contributed by atoms with Crippen molar-refractivity contribution in [3.63, 3.8) is 0 Å². The molecular weight excluding hydrogens is 474 g/mol. The number of hydrogen-bond acceptors (Lipinski definition) is 5. The number of aromatic nitrogens is 2. The maximum atomic E-state index is 13.3.